The van der Waals surface area contributed by atoms with Crippen LogP contribution in [-0.4, -0.2) is 26.7 Å². The number of nitrogens with one attached hydrogen (secondary N) is 1. The van der Waals surface area contributed by atoms with E-state index < -0.39 is 10.0 Å². The van der Waals surface area contributed by atoms with E-state index in [2.05, 4.69) is 9.88 Å². The van der Waals surface area contributed by atoms with Gasteiger partial charge in [-0.3, -0.25) is 0 Å². The van der Waals surface area contributed by atoms with E-state index in [9.17, 15) is 8.42 Å². The number of ether oxygens (including phenoxy) is 1. The molecule has 2 rings (SSSR count). The average molecular weight is 359 g/mol. The van der Waals surface area contributed by atoms with Crippen LogP contribution in [-0.2, 0) is 10.0 Å². The number of aromatic nitrogens is 1. The number of sulfonamides is 1. The third-order valence-corrected chi connectivity index (χ3v) is 5.61. The molecule has 8 heteroatoms. The van der Waals surface area contributed by atoms with Crippen LogP contribution in [0.3, 0.4) is 0 Å². The van der Waals surface area contributed by atoms with E-state index in [1.54, 1.807) is 13.8 Å². The summed E-state index contributed by atoms with van der Waals surface area (Å²) in [6, 6.07) is 3.64. The summed E-state index contributed by atoms with van der Waals surface area (Å²) < 4.78 is 37.4. The molecule has 23 heavy (non-hydrogen) atoms. The Morgan fingerprint density at radius 2 is 1.83 bits per heavy atom. The van der Waals surface area contributed by atoms with Crippen LogP contribution >= 0.6 is 11.6 Å². The molecule has 1 N–H and O–H groups in total. The molecule has 2 aromatic rings. The van der Waals surface area contributed by atoms with E-state index in [0.29, 0.717) is 16.5 Å². The van der Waals surface area contributed by atoms with Gasteiger partial charge in [0.2, 0.25) is 10.0 Å². The Labute approximate surface area is 140 Å². The fraction of sp³-hybridized carbons (Fsp3) is 0.400. The number of halogens is 1. The second kappa shape index (κ2) is 6.90. The normalized spacial score (nSPS) is 11.7. The van der Waals surface area contributed by atoms with E-state index in [1.807, 2.05) is 26.0 Å². The Bertz CT molecular complexity index is 772. The highest BCUT2D eigenvalue weighted by molar-refractivity contribution is 7.89. The molecule has 0 bridgehead atoms. The fourth-order valence-corrected chi connectivity index (χ4v) is 3.71. The van der Waals surface area contributed by atoms with Crippen molar-refractivity contribution in [1.29, 1.82) is 0 Å². The Kier molecular flexibility index (Phi) is 5.33. The zero-order valence-corrected chi connectivity index (χ0v) is 15.0. The molecule has 0 atom stereocenters. The van der Waals surface area contributed by atoms with Crippen molar-refractivity contribution >= 4 is 21.6 Å². The topological polar surface area (TPSA) is 81.4 Å². The predicted octanol–water partition coefficient (Wildman–Crippen LogP) is 2.92. The number of nitrogens with zero attached hydrogens (tertiary/aromatic N) is 1. The van der Waals surface area contributed by atoms with Gasteiger partial charge >= 0.3 is 0 Å². The SMILES string of the molecule is Cc1cc(OCCNS(=O)(=O)c2c(C)noc2C)cc(C)c1Cl. The maximum Gasteiger partial charge on any atom is 0.246 e. The van der Waals surface area contributed by atoms with Gasteiger partial charge in [-0.25, -0.2) is 13.1 Å². The van der Waals surface area contributed by atoms with E-state index in [1.165, 1.54) is 0 Å². The molecule has 0 spiro atoms. The smallest absolute Gasteiger partial charge is 0.246 e. The molecule has 0 amide bonds. The van der Waals surface area contributed by atoms with E-state index in [4.69, 9.17) is 20.9 Å². The summed E-state index contributed by atoms with van der Waals surface area (Å²) in [5.74, 6) is 0.917. The first-order valence-corrected chi connectivity index (χ1v) is 8.90. The molecule has 1 aromatic heterocycles. The maximum atomic E-state index is 12.2. The molecule has 0 saturated heterocycles. The van der Waals surface area contributed by atoms with Crippen molar-refractivity contribution in [2.45, 2.75) is 32.6 Å². The summed E-state index contributed by atoms with van der Waals surface area (Å²) >= 11 is 6.10. The predicted molar refractivity (Wildman–Crippen MR) is 87.6 cm³/mol. The Hall–Kier alpha value is -1.57. The van der Waals surface area contributed by atoms with Crippen LogP contribution in [0, 0.1) is 27.7 Å². The van der Waals surface area contributed by atoms with Crippen LogP contribution in [0.25, 0.3) is 0 Å². The lowest BCUT2D eigenvalue weighted by atomic mass is 10.1. The van der Waals surface area contributed by atoms with Gasteiger partial charge in [0, 0.05) is 11.6 Å². The van der Waals surface area contributed by atoms with E-state index in [0.717, 1.165) is 11.1 Å². The minimum absolute atomic E-state index is 0.0793. The van der Waals surface area contributed by atoms with Crippen LogP contribution in [0.4, 0.5) is 0 Å². The van der Waals surface area contributed by atoms with Crippen molar-refractivity contribution < 1.29 is 17.7 Å². The fourth-order valence-electron chi connectivity index (χ4n) is 2.26. The van der Waals surface area contributed by atoms with E-state index >= 15 is 0 Å². The van der Waals surface area contributed by atoms with Crippen molar-refractivity contribution in [3.05, 3.63) is 39.7 Å². The second-order valence-corrected chi connectivity index (χ2v) is 7.35. The molecular weight excluding hydrogens is 340 g/mol. The zero-order valence-electron chi connectivity index (χ0n) is 13.4. The first-order valence-electron chi connectivity index (χ1n) is 7.04. The minimum Gasteiger partial charge on any atom is -0.492 e. The summed E-state index contributed by atoms with van der Waals surface area (Å²) in [6.07, 6.45) is 0. The lowest BCUT2D eigenvalue weighted by Gasteiger charge is -2.11. The zero-order chi connectivity index (χ0) is 17.2. The van der Waals surface area contributed by atoms with Crippen LogP contribution in [0.2, 0.25) is 5.02 Å². The lowest BCUT2D eigenvalue weighted by molar-refractivity contribution is 0.322. The van der Waals surface area contributed by atoms with Crippen molar-refractivity contribution in [1.82, 2.24) is 9.88 Å². The average Bonchev–Trinajstić information content (AvgIpc) is 2.81. The Balaban J connectivity index is 1.95. The summed E-state index contributed by atoms with van der Waals surface area (Å²) in [6.45, 7) is 7.26. The van der Waals surface area contributed by atoms with Gasteiger partial charge in [0.1, 0.15) is 22.9 Å². The van der Waals surface area contributed by atoms with Gasteiger partial charge in [-0.2, -0.15) is 0 Å². The number of hydrogen-bond acceptors (Lipinski definition) is 5. The van der Waals surface area contributed by atoms with E-state index in [-0.39, 0.29) is 23.8 Å². The van der Waals surface area contributed by atoms with Gasteiger partial charge in [-0.05, 0) is 51.0 Å². The number of benzene rings is 1. The largest absolute Gasteiger partial charge is 0.492 e. The molecule has 0 fully saturated rings. The lowest BCUT2D eigenvalue weighted by Crippen LogP contribution is -2.29. The number of hydrogen-bond donors (Lipinski definition) is 1. The molecule has 0 radical (unpaired) electrons. The summed E-state index contributed by atoms with van der Waals surface area (Å²) in [7, 11) is -3.66. The Morgan fingerprint density at radius 1 is 1.22 bits per heavy atom. The van der Waals surface area contributed by atoms with Crippen LogP contribution in [0.1, 0.15) is 22.6 Å². The molecule has 6 nitrogen and oxygen atoms in total. The van der Waals surface area contributed by atoms with Crippen LogP contribution < -0.4 is 9.46 Å². The summed E-state index contributed by atoms with van der Waals surface area (Å²) in [4.78, 5) is 0.0793. The van der Waals surface area contributed by atoms with Gasteiger partial charge in [-0.1, -0.05) is 16.8 Å². The van der Waals surface area contributed by atoms with Gasteiger partial charge in [0.25, 0.3) is 0 Å². The first-order chi connectivity index (χ1) is 10.7. The third kappa shape index (κ3) is 4.04. The molecule has 1 heterocycles. The number of rotatable bonds is 6. The van der Waals surface area contributed by atoms with Gasteiger partial charge < -0.3 is 9.26 Å². The minimum atomic E-state index is -3.66. The van der Waals surface area contributed by atoms with Gasteiger partial charge in [0.15, 0.2) is 5.76 Å². The first kappa shape index (κ1) is 17.8. The van der Waals surface area contributed by atoms with Crippen molar-refractivity contribution in [2.75, 3.05) is 13.2 Å². The van der Waals surface area contributed by atoms with Crippen molar-refractivity contribution in [3.63, 3.8) is 0 Å². The van der Waals surface area contributed by atoms with Gasteiger partial charge in [-0.15, -0.1) is 0 Å². The highest BCUT2D eigenvalue weighted by Gasteiger charge is 2.23. The highest BCUT2D eigenvalue weighted by Crippen LogP contribution is 2.25. The van der Waals surface area contributed by atoms with Crippen molar-refractivity contribution in [3.8, 4) is 5.75 Å². The highest BCUT2D eigenvalue weighted by atomic mass is 35.5. The standard InChI is InChI=1S/C15H19ClN2O4S/c1-9-7-13(8-10(2)14(9)16)21-6-5-17-23(19,20)15-11(3)18-22-12(15)4/h7-8,17H,5-6H2,1-4H3. The number of aryl methyl sites for hydroxylation is 4. The molecule has 0 aliphatic rings. The Morgan fingerprint density at radius 3 is 2.35 bits per heavy atom. The van der Waals surface area contributed by atoms with Crippen molar-refractivity contribution in [2.24, 2.45) is 0 Å². The summed E-state index contributed by atoms with van der Waals surface area (Å²) in [5.41, 5.74) is 2.16. The van der Waals surface area contributed by atoms with Gasteiger partial charge in [0.05, 0.1) is 0 Å². The summed E-state index contributed by atoms with van der Waals surface area (Å²) in [5, 5.41) is 4.35. The maximum absolute atomic E-state index is 12.2. The molecule has 1 aromatic carbocycles. The molecular formula is C15H19ClN2O4S. The second-order valence-electron chi connectivity index (χ2n) is 5.27. The monoisotopic (exact) mass is 358 g/mol. The molecule has 0 aliphatic carbocycles. The third-order valence-electron chi connectivity index (χ3n) is 3.31. The molecule has 0 saturated carbocycles. The molecule has 0 unspecified atom stereocenters. The van der Waals surface area contributed by atoms with Crippen LogP contribution in [0.5, 0.6) is 5.75 Å². The molecule has 0 aliphatic heterocycles. The quantitative estimate of drug-likeness (QED) is 0.803. The molecule has 126 valence electrons. The van der Waals surface area contributed by atoms with Crippen LogP contribution in [0.15, 0.2) is 21.6 Å².